The minimum Gasteiger partial charge on any atom is -0.336 e. The molecule has 2 amide bonds. The highest BCUT2D eigenvalue weighted by atomic mass is 32.2. The van der Waals surface area contributed by atoms with Gasteiger partial charge in [0.2, 0.25) is 11.8 Å². The van der Waals surface area contributed by atoms with Gasteiger partial charge in [-0.15, -0.1) is 11.8 Å². The summed E-state index contributed by atoms with van der Waals surface area (Å²) >= 11 is 1.69. The topological polar surface area (TPSA) is 73.2 Å². The Kier molecular flexibility index (Phi) is 3.64. The lowest BCUT2D eigenvalue weighted by molar-refractivity contribution is -0.138. The quantitative estimate of drug-likeness (QED) is 0.844. The third kappa shape index (κ3) is 2.42. The van der Waals surface area contributed by atoms with Crippen molar-refractivity contribution in [2.24, 2.45) is 0 Å². The van der Waals surface area contributed by atoms with Gasteiger partial charge >= 0.3 is 0 Å². The second-order valence-corrected chi connectivity index (χ2v) is 8.01. The number of rotatable bonds is 2. The zero-order valence-electron chi connectivity index (χ0n) is 12.4. The zero-order valence-corrected chi connectivity index (χ0v) is 13.2. The number of nitriles is 1. The van der Waals surface area contributed by atoms with Crippen LogP contribution >= 0.6 is 11.8 Å². The number of carbonyl (C=O) groups is 2. The first-order valence-electron chi connectivity index (χ1n) is 7.69. The number of carbonyl (C=O) groups excluding carboxylic acids is 2. The summed E-state index contributed by atoms with van der Waals surface area (Å²) in [7, 11) is 0. The molecule has 1 saturated carbocycles. The van der Waals surface area contributed by atoms with E-state index in [4.69, 9.17) is 0 Å². The van der Waals surface area contributed by atoms with Crippen LogP contribution in [0, 0.1) is 11.3 Å². The summed E-state index contributed by atoms with van der Waals surface area (Å²) in [5.41, 5.74) is -0.720. The maximum atomic E-state index is 12.6. The summed E-state index contributed by atoms with van der Waals surface area (Å²) < 4.78 is 0. The summed E-state index contributed by atoms with van der Waals surface area (Å²) in [6.07, 6.45) is 5.86. The van der Waals surface area contributed by atoms with E-state index in [1.165, 1.54) is 0 Å². The van der Waals surface area contributed by atoms with E-state index in [9.17, 15) is 14.9 Å². The molecule has 21 heavy (non-hydrogen) atoms. The smallest absolute Gasteiger partial charge is 0.244 e. The lowest BCUT2D eigenvalue weighted by Gasteiger charge is -2.35. The van der Waals surface area contributed by atoms with E-state index in [1.807, 2.05) is 6.92 Å². The average Bonchev–Trinajstić information content (AvgIpc) is 2.97. The largest absolute Gasteiger partial charge is 0.336 e. The van der Waals surface area contributed by atoms with Gasteiger partial charge in [-0.2, -0.15) is 5.26 Å². The SMILES string of the molecule is CC12CCC(=O)N1C(C(=O)NC1(C#N)CCCCC1)CS2. The van der Waals surface area contributed by atoms with Crippen LogP contribution in [0.3, 0.4) is 0 Å². The summed E-state index contributed by atoms with van der Waals surface area (Å²) in [4.78, 5) is 26.2. The monoisotopic (exact) mass is 307 g/mol. The van der Waals surface area contributed by atoms with E-state index in [0.29, 0.717) is 12.2 Å². The molecule has 3 aliphatic rings. The molecule has 3 rings (SSSR count). The van der Waals surface area contributed by atoms with Crippen LogP contribution in [0.25, 0.3) is 0 Å². The van der Waals surface area contributed by atoms with Gasteiger partial charge < -0.3 is 10.2 Å². The second kappa shape index (κ2) is 5.20. The predicted octanol–water partition coefficient (Wildman–Crippen LogP) is 1.78. The van der Waals surface area contributed by atoms with E-state index in [0.717, 1.165) is 38.5 Å². The van der Waals surface area contributed by atoms with Crippen molar-refractivity contribution in [2.75, 3.05) is 5.75 Å². The molecule has 0 aromatic rings. The molecule has 0 aromatic heterocycles. The number of nitrogens with zero attached hydrogens (tertiary/aromatic N) is 2. The van der Waals surface area contributed by atoms with Gasteiger partial charge in [0.1, 0.15) is 11.6 Å². The highest BCUT2D eigenvalue weighted by molar-refractivity contribution is 8.01. The normalized spacial score (nSPS) is 34.4. The van der Waals surface area contributed by atoms with E-state index in [-0.39, 0.29) is 16.7 Å². The molecule has 0 radical (unpaired) electrons. The Bertz CT molecular complexity index is 510. The molecular formula is C15H21N3O2S. The molecule has 0 aromatic carbocycles. The van der Waals surface area contributed by atoms with Crippen LogP contribution in [-0.4, -0.2) is 38.9 Å². The lowest BCUT2D eigenvalue weighted by atomic mass is 9.82. The number of hydrogen-bond acceptors (Lipinski definition) is 4. The van der Waals surface area contributed by atoms with Crippen molar-refractivity contribution >= 4 is 23.6 Å². The van der Waals surface area contributed by atoms with Crippen molar-refractivity contribution in [2.45, 2.75) is 68.3 Å². The van der Waals surface area contributed by atoms with Gasteiger partial charge in [0.25, 0.3) is 0 Å². The number of hydrogen-bond donors (Lipinski definition) is 1. The van der Waals surface area contributed by atoms with Crippen molar-refractivity contribution in [3.05, 3.63) is 0 Å². The van der Waals surface area contributed by atoms with Crippen molar-refractivity contribution in [3.8, 4) is 6.07 Å². The van der Waals surface area contributed by atoms with Crippen LogP contribution in [-0.2, 0) is 9.59 Å². The first kappa shape index (κ1) is 14.7. The molecule has 1 aliphatic carbocycles. The first-order valence-corrected chi connectivity index (χ1v) is 8.68. The fourth-order valence-corrected chi connectivity index (χ4v) is 5.19. The molecule has 3 fully saturated rings. The molecule has 5 nitrogen and oxygen atoms in total. The molecule has 0 bridgehead atoms. The maximum absolute atomic E-state index is 12.6. The van der Waals surface area contributed by atoms with E-state index >= 15 is 0 Å². The number of nitrogens with one attached hydrogen (secondary N) is 1. The Morgan fingerprint density at radius 1 is 1.38 bits per heavy atom. The van der Waals surface area contributed by atoms with Crippen LogP contribution in [0.15, 0.2) is 0 Å². The lowest BCUT2D eigenvalue weighted by Crippen LogP contribution is -2.56. The summed E-state index contributed by atoms with van der Waals surface area (Å²) in [6, 6.07) is 1.90. The van der Waals surface area contributed by atoms with E-state index in [1.54, 1.807) is 16.7 Å². The van der Waals surface area contributed by atoms with Gasteiger partial charge in [-0.25, -0.2) is 0 Å². The fourth-order valence-electron chi connectivity index (χ4n) is 3.75. The minimum absolute atomic E-state index is 0.0669. The Balaban J connectivity index is 1.74. The van der Waals surface area contributed by atoms with Crippen LogP contribution in [0.5, 0.6) is 0 Å². The van der Waals surface area contributed by atoms with Crippen LogP contribution in [0.4, 0.5) is 0 Å². The second-order valence-electron chi connectivity index (χ2n) is 6.51. The number of fused-ring (bicyclic) bond motifs is 1. The number of thioether (sulfide) groups is 1. The molecule has 2 unspecified atom stereocenters. The van der Waals surface area contributed by atoms with Crippen LogP contribution in [0.1, 0.15) is 51.9 Å². The number of amides is 2. The maximum Gasteiger partial charge on any atom is 0.244 e. The Labute approximate surface area is 129 Å². The molecule has 2 atom stereocenters. The summed E-state index contributed by atoms with van der Waals surface area (Å²) in [5, 5.41) is 12.4. The van der Waals surface area contributed by atoms with Gasteiger partial charge in [0.05, 0.1) is 10.9 Å². The average molecular weight is 307 g/mol. The van der Waals surface area contributed by atoms with Gasteiger partial charge in [0.15, 0.2) is 0 Å². The van der Waals surface area contributed by atoms with Crippen LogP contribution in [0.2, 0.25) is 0 Å². The molecule has 0 spiro atoms. The van der Waals surface area contributed by atoms with E-state index < -0.39 is 11.6 Å². The molecule has 2 aliphatic heterocycles. The van der Waals surface area contributed by atoms with E-state index in [2.05, 4.69) is 11.4 Å². The Hall–Kier alpha value is -1.22. The minimum atomic E-state index is -0.720. The van der Waals surface area contributed by atoms with Crippen molar-refractivity contribution in [1.29, 1.82) is 5.26 Å². The van der Waals surface area contributed by atoms with Gasteiger partial charge in [-0.3, -0.25) is 9.59 Å². The summed E-state index contributed by atoms with van der Waals surface area (Å²) in [5.74, 6) is 0.553. The fraction of sp³-hybridized carbons (Fsp3) is 0.800. The van der Waals surface area contributed by atoms with Crippen LogP contribution < -0.4 is 5.32 Å². The molecule has 1 N–H and O–H groups in total. The van der Waals surface area contributed by atoms with Crippen molar-refractivity contribution in [3.63, 3.8) is 0 Å². The predicted molar refractivity (Wildman–Crippen MR) is 80.3 cm³/mol. The Morgan fingerprint density at radius 3 is 2.76 bits per heavy atom. The standard InChI is InChI=1S/C15H21N3O2S/c1-14-8-5-12(19)18(14)11(9-21-14)13(20)17-15(10-16)6-3-2-4-7-15/h11H,2-9H2,1H3,(H,17,20). The molecule has 2 heterocycles. The third-order valence-electron chi connectivity index (χ3n) is 5.03. The van der Waals surface area contributed by atoms with Gasteiger partial charge in [0, 0.05) is 12.2 Å². The third-order valence-corrected chi connectivity index (χ3v) is 6.54. The Morgan fingerprint density at radius 2 is 2.10 bits per heavy atom. The zero-order chi connectivity index (χ0) is 15.1. The summed E-state index contributed by atoms with van der Waals surface area (Å²) in [6.45, 7) is 2.04. The highest BCUT2D eigenvalue weighted by Crippen LogP contribution is 2.47. The molecule has 6 heteroatoms. The first-order chi connectivity index (χ1) is 10.00. The molecule has 114 valence electrons. The van der Waals surface area contributed by atoms with Crippen molar-refractivity contribution in [1.82, 2.24) is 10.2 Å². The highest BCUT2D eigenvalue weighted by Gasteiger charge is 2.53. The van der Waals surface area contributed by atoms with Gasteiger partial charge in [-0.05, 0) is 26.2 Å². The molecule has 2 saturated heterocycles. The van der Waals surface area contributed by atoms with Crippen molar-refractivity contribution < 1.29 is 9.59 Å². The molecular weight excluding hydrogens is 286 g/mol. The van der Waals surface area contributed by atoms with Gasteiger partial charge in [-0.1, -0.05) is 19.3 Å².